The average Bonchev–Trinajstić information content (AvgIpc) is 1.66. The number of methoxy groups -OCH3 is 4. The lowest BCUT2D eigenvalue weighted by molar-refractivity contribution is -0.124. The van der Waals surface area contributed by atoms with E-state index in [4.69, 9.17) is 57.1 Å². The van der Waals surface area contributed by atoms with Gasteiger partial charge in [0.1, 0.15) is 23.0 Å². The van der Waals surface area contributed by atoms with Gasteiger partial charge in [0.2, 0.25) is 0 Å². The Hall–Kier alpha value is -10.4. The number of aliphatic hydroxyl groups is 1. The number of nitrogens with one attached hydrogen (secondary N) is 3. The molecular formula is C75H81Cl2F5N18O5. The van der Waals surface area contributed by atoms with E-state index in [-0.39, 0.29) is 19.7 Å². The predicted octanol–water partition coefficient (Wildman–Crippen LogP) is 14.4. The summed E-state index contributed by atoms with van der Waals surface area (Å²) in [4.78, 5) is 34.2. The summed E-state index contributed by atoms with van der Waals surface area (Å²) >= 11 is 12.4. The maximum absolute atomic E-state index is 13.2. The third-order valence-corrected chi connectivity index (χ3v) is 17.5. The largest absolute Gasteiger partial charge is 0.497 e. The first-order chi connectivity index (χ1) is 50.6. The van der Waals surface area contributed by atoms with E-state index in [1.807, 2.05) is 127 Å². The van der Waals surface area contributed by atoms with Gasteiger partial charge >= 0.3 is 6.18 Å². The van der Waals surface area contributed by atoms with E-state index in [1.54, 1.807) is 93.1 Å². The van der Waals surface area contributed by atoms with Gasteiger partial charge in [0.15, 0.2) is 0 Å². The van der Waals surface area contributed by atoms with Gasteiger partial charge < -0.3 is 54.7 Å². The summed E-state index contributed by atoms with van der Waals surface area (Å²) in [5.74, 6) is -0.0926. The van der Waals surface area contributed by atoms with Crippen molar-refractivity contribution in [1.29, 1.82) is 0 Å². The molecule has 23 nitrogen and oxygen atoms in total. The number of fused-ring (bicyclic) bond motifs is 3. The lowest BCUT2D eigenvalue weighted by Crippen LogP contribution is -2.32. The first-order valence-corrected chi connectivity index (χ1v) is 34.6. The van der Waals surface area contributed by atoms with Crippen LogP contribution < -0.4 is 49.6 Å². The van der Waals surface area contributed by atoms with E-state index >= 15 is 0 Å². The van der Waals surface area contributed by atoms with Crippen LogP contribution in [0.25, 0.3) is 66.9 Å². The van der Waals surface area contributed by atoms with E-state index in [9.17, 15) is 27.1 Å². The molecule has 12 aromatic rings. The molecule has 0 saturated carbocycles. The average molecular weight is 1480 g/mol. The second-order valence-electron chi connectivity index (χ2n) is 25.0. The Bertz CT molecular complexity index is 4810. The van der Waals surface area contributed by atoms with Crippen LogP contribution in [0.15, 0.2) is 165 Å². The monoisotopic (exact) mass is 1480 g/mol. The number of aromatic nitrogens is 12. The molecule has 1 aliphatic rings. The highest BCUT2D eigenvalue weighted by molar-refractivity contribution is 6.35. The first-order valence-electron chi connectivity index (χ1n) is 33.9. The molecular weight excluding hydrogens is 1400 g/mol. The minimum absolute atomic E-state index is 0.0147. The molecule has 0 unspecified atom stereocenters. The molecule has 1 aliphatic heterocycles. The Kier molecular flexibility index (Phi) is 25.2. The van der Waals surface area contributed by atoms with Crippen molar-refractivity contribution < 1.29 is 46.0 Å². The van der Waals surface area contributed by atoms with Crippen LogP contribution in [-0.2, 0) is 14.1 Å². The predicted molar refractivity (Wildman–Crippen MR) is 401 cm³/mol. The summed E-state index contributed by atoms with van der Waals surface area (Å²) in [5.41, 5.74) is 14.3. The lowest BCUT2D eigenvalue weighted by Gasteiger charge is -2.26. The third kappa shape index (κ3) is 20.5. The highest BCUT2D eigenvalue weighted by Crippen LogP contribution is 2.38. The summed E-state index contributed by atoms with van der Waals surface area (Å²) in [7, 11) is 10.1. The van der Waals surface area contributed by atoms with E-state index in [2.05, 4.69) is 62.0 Å². The van der Waals surface area contributed by atoms with Gasteiger partial charge in [-0.1, -0.05) is 23.2 Å². The standard InChI is InChI=1S/C26H30F2N6O2.C26H30N6O3.C23H21Cl2F3N6/c1-26(27,28)17-29-8-5-9-34(20-10-21(35-3)13-22(11-20)36-4)19-6-7-23-24(12-19)32-25(15-30-23)18-14-31-33(2)16-18;1-34-22-11-21(12-23(14-22)35-2)31(9-10-33)20-3-4-24-25(13-20)30-26(16-28-24)18-15-29-32(17-18)19-5-7-27-8-6-19;1-33-13-15(11-31-33)22-12-30-20-4-3-18(10-21(20)32-22)34(6-2-5-29-14-23(26,27)28)19-8-16(24)7-17(25)9-19/h6-7,10-16,29H,5,8-9,17H2,1-4H3;3-4,11-17,19,27,33H,5-10H2,1-2H3;3-4,7-13,29H,2,5-6,14H2,1H3. The van der Waals surface area contributed by atoms with Crippen molar-refractivity contribution in [1.82, 2.24) is 75.2 Å². The molecule has 0 atom stereocenters. The van der Waals surface area contributed by atoms with Crippen molar-refractivity contribution in [2.45, 2.75) is 50.7 Å². The van der Waals surface area contributed by atoms with Gasteiger partial charge in [-0.15, -0.1) is 0 Å². The second kappa shape index (κ2) is 34.9. The minimum Gasteiger partial charge on any atom is -0.497 e. The van der Waals surface area contributed by atoms with Crippen molar-refractivity contribution >= 4 is 90.4 Å². The van der Waals surface area contributed by atoms with Crippen LogP contribution in [0.4, 0.5) is 56.1 Å². The number of aryl methyl sites for hydroxylation is 2. The molecule has 0 bridgehead atoms. The fourth-order valence-corrected chi connectivity index (χ4v) is 12.5. The number of piperidine rings is 1. The number of nitrogens with zero attached hydrogens (tertiary/aromatic N) is 15. The van der Waals surface area contributed by atoms with Crippen LogP contribution in [0.2, 0.25) is 10.0 Å². The topological polar surface area (TPSA) is 234 Å². The summed E-state index contributed by atoms with van der Waals surface area (Å²) in [5, 5.41) is 32.4. The number of benzene rings is 6. The van der Waals surface area contributed by atoms with E-state index in [0.29, 0.717) is 94.8 Å². The highest BCUT2D eigenvalue weighted by Gasteiger charge is 2.27. The maximum Gasteiger partial charge on any atom is 0.401 e. The molecule has 0 spiro atoms. The summed E-state index contributed by atoms with van der Waals surface area (Å²) in [6.45, 7) is 3.58. The summed E-state index contributed by atoms with van der Waals surface area (Å²) in [6, 6.07) is 34.3. The number of anilines is 6. The van der Waals surface area contributed by atoms with Gasteiger partial charge in [-0.2, -0.15) is 28.5 Å². The van der Waals surface area contributed by atoms with Crippen LogP contribution in [0.1, 0.15) is 38.6 Å². The number of halogens is 7. The van der Waals surface area contributed by atoms with Crippen molar-refractivity contribution in [3.05, 3.63) is 175 Å². The first kappa shape index (κ1) is 75.8. The van der Waals surface area contributed by atoms with Crippen molar-refractivity contribution in [3.63, 3.8) is 0 Å². The number of hydrogen-bond donors (Lipinski definition) is 4. The van der Waals surface area contributed by atoms with Crippen molar-refractivity contribution in [2.75, 3.05) is 109 Å². The smallest absolute Gasteiger partial charge is 0.401 e. The van der Waals surface area contributed by atoms with Crippen LogP contribution in [0.3, 0.4) is 0 Å². The fraction of sp³-hybridized carbons (Fsp3) is 0.320. The molecule has 0 aliphatic carbocycles. The Labute approximate surface area is 613 Å². The van der Waals surface area contributed by atoms with Crippen LogP contribution in [0.5, 0.6) is 23.0 Å². The van der Waals surface area contributed by atoms with Gasteiger partial charge in [-0.05, 0) is 125 Å². The number of rotatable bonds is 27. The summed E-state index contributed by atoms with van der Waals surface area (Å²) < 4.78 is 91.0. The number of aliphatic hydroxyl groups excluding tert-OH is 1. The maximum atomic E-state index is 13.2. The van der Waals surface area contributed by atoms with Crippen molar-refractivity contribution in [3.8, 4) is 56.8 Å². The molecule has 1 saturated heterocycles. The van der Waals surface area contributed by atoms with Gasteiger partial charge in [-0.3, -0.25) is 29.0 Å². The normalized spacial score (nSPS) is 12.6. The number of alkyl halides is 5. The zero-order chi connectivity index (χ0) is 74.2. The Morgan fingerprint density at radius 1 is 0.486 bits per heavy atom. The zero-order valence-corrected chi connectivity index (χ0v) is 60.5. The van der Waals surface area contributed by atoms with Crippen LogP contribution >= 0.6 is 23.2 Å². The number of ether oxygens (including phenoxy) is 4. The molecule has 0 radical (unpaired) electrons. The molecule has 1 fully saturated rings. The molecule has 30 heteroatoms. The molecule has 6 aromatic carbocycles. The van der Waals surface area contributed by atoms with Gasteiger partial charge in [-0.25, -0.2) is 23.7 Å². The molecule has 0 amide bonds. The van der Waals surface area contributed by atoms with E-state index in [1.165, 1.54) is 0 Å². The number of hydrogen-bond acceptors (Lipinski definition) is 20. The van der Waals surface area contributed by atoms with E-state index in [0.717, 1.165) is 117 Å². The SMILES string of the molecule is COc1cc(OC)cc(N(CCCNCC(C)(F)F)c2ccc3ncc(-c4cnn(C)c4)nc3c2)c1.COc1cc(OC)cc(N(CCO)c2ccc3ncc(-c4cnn(C5CCNCC5)c4)nc3c2)c1.Cn1cc(-c2cnc3ccc(N(CCCNCC(F)(F)F)c4cc(Cl)cc(Cl)c4)cc3n2)cn1. The molecule has 105 heavy (non-hydrogen) atoms. The Balaban J connectivity index is 0.000000158. The zero-order valence-electron chi connectivity index (χ0n) is 59.0. The van der Waals surface area contributed by atoms with Crippen LogP contribution in [-0.4, -0.2) is 170 Å². The van der Waals surface area contributed by atoms with Gasteiger partial charge in [0.05, 0.1) is 142 Å². The van der Waals surface area contributed by atoms with Gasteiger partial charge in [0, 0.05) is 157 Å². The molecule has 13 rings (SSSR count). The fourth-order valence-electron chi connectivity index (χ4n) is 11.9. The highest BCUT2D eigenvalue weighted by atomic mass is 35.5. The lowest BCUT2D eigenvalue weighted by atomic mass is 10.1. The molecule has 550 valence electrons. The van der Waals surface area contributed by atoms with Gasteiger partial charge in [0.25, 0.3) is 5.92 Å². The third-order valence-electron chi connectivity index (χ3n) is 17.1. The van der Waals surface area contributed by atoms with Crippen LogP contribution in [0, 0.1) is 0 Å². The second-order valence-corrected chi connectivity index (χ2v) is 25.8. The quantitative estimate of drug-likeness (QED) is 0.0277. The minimum atomic E-state index is -4.25. The van der Waals surface area contributed by atoms with E-state index < -0.39 is 18.6 Å². The molecule has 4 N–H and O–H groups in total. The molecule has 7 heterocycles. The Morgan fingerprint density at radius 2 is 0.876 bits per heavy atom. The summed E-state index contributed by atoms with van der Waals surface area (Å²) in [6.07, 6.45) is 15.4. The van der Waals surface area contributed by atoms with Crippen molar-refractivity contribution in [2.24, 2.45) is 14.1 Å². The Morgan fingerprint density at radius 3 is 1.26 bits per heavy atom. The molecule has 6 aromatic heterocycles.